The van der Waals surface area contributed by atoms with E-state index in [1.807, 2.05) is 36.4 Å². The number of primary amides is 1. The van der Waals surface area contributed by atoms with Crippen LogP contribution >= 0.6 is 0 Å². The molecule has 0 saturated heterocycles. The summed E-state index contributed by atoms with van der Waals surface area (Å²) in [6.07, 6.45) is 0. The number of carbonyl (C=O) groups excluding carboxylic acids is 1. The number of aryl methyl sites for hydroxylation is 1. The number of hydrogen-bond donors (Lipinski definition) is 1. The number of benzene rings is 2. The van der Waals surface area contributed by atoms with E-state index >= 15 is 0 Å². The molecule has 2 aromatic carbocycles. The quantitative estimate of drug-likeness (QED) is 0.894. The lowest BCUT2D eigenvalue weighted by Gasteiger charge is -2.07. The molecule has 1 amide bonds. The minimum Gasteiger partial charge on any atom is -0.484 e. The molecule has 2 N–H and O–H groups in total. The van der Waals surface area contributed by atoms with Crippen LogP contribution in [0, 0.1) is 6.92 Å². The van der Waals surface area contributed by atoms with Crippen molar-refractivity contribution in [3.05, 3.63) is 54.1 Å². The molecule has 0 spiro atoms. The Morgan fingerprint density at radius 2 is 1.78 bits per heavy atom. The third-order valence-corrected chi connectivity index (χ3v) is 2.69. The maximum absolute atomic E-state index is 10.6. The third-order valence-electron chi connectivity index (χ3n) is 2.69. The highest BCUT2D eigenvalue weighted by Crippen LogP contribution is 2.25. The van der Waals surface area contributed by atoms with Crippen LogP contribution in [-0.4, -0.2) is 12.5 Å². The first-order chi connectivity index (χ1) is 8.66. The predicted octanol–water partition coefficient (Wildman–Crippen LogP) is 2.53. The first-order valence-electron chi connectivity index (χ1n) is 5.74. The molecule has 3 heteroatoms. The summed E-state index contributed by atoms with van der Waals surface area (Å²) in [5.74, 6) is 0.170. The minimum absolute atomic E-state index is 0.0935. The molecule has 0 aromatic heterocycles. The molecule has 18 heavy (non-hydrogen) atoms. The van der Waals surface area contributed by atoms with E-state index < -0.39 is 5.91 Å². The van der Waals surface area contributed by atoms with Crippen molar-refractivity contribution in [1.29, 1.82) is 0 Å². The molecule has 0 atom stereocenters. The van der Waals surface area contributed by atoms with E-state index in [4.69, 9.17) is 10.5 Å². The van der Waals surface area contributed by atoms with Crippen molar-refractivity contribution in [2.75, 3.05) is 6.61 Å². The summed E-state index contributed by atoms with van der Waals surface area (Å²) in [5.41, 5.74) is 8.56. The molecule has 0 fully saturated rings. The average Bonchev–Trinajstić information content (AvgIpc) is 2.38. The SMILES string of the molecule is Cc1ccccc1-c1ccc(OCC(N)=O)cc1. The van der Waals surface area contributed by atoms with E-state index in [1.54, 1.807) is 0 Å². The van der Waals surface area contributed by atoms with Crippen LogP contribution in [0.25, 0.3) is 11.1 Å². The zero-order chi connectivity index (χ0) is 13.0. The summed E-state index contributed by atoms with van der Waals surface area (Å²) >= 11 is 0. The minimum atomic E-state index is -0.474. The fourth-order valence-corrected chi connectivity index (χ4v) is 1.78. The Bertz CT molecular complexity index is 547. The van der Waals surface area contributed by atoms with E-state index in [0.29, 0.717) is 5.75 Å². The molecular formula is C15H15NO2. The van der Waals surface area contributed by atoms with Gasteiger partial charge < -0.3 is 10.5 Å². The lowest BCUT2D eigenvalue weighted by atomic mass is 10.0. The number of amides is 1. The maximum atomic E-state index is 10.6. The number of rotatable bonds is 4. The van der Waals surface area contributed by atoms with E-state index in [0.717, 1.165) is 5.56 Å². The van der Waals surface area contributed by atoms with Gasteiger partial charge in [0, 0.05) is 0 Å². The van der Waals surface area contributed by atoms with Gasteiger partial charge in [-0.25, -0.2) is 0 Å². The summed E-state index contributed by atoms with van der Waals surface area (Å²) in [5, 5.41) is 0. The highest BCUT2D eigenvalue weighted by Gasteiger charge is 2.02. The van der Waals surface area contributed by atoms with Crippen LogP contribution in [0.3, 0.4) is 0 Å². The van der Waals surface area contributed by atoms with Gasteiger partial charge in [0.1, 0.15) is 5.75 Å². The van der Waals surface area contributed by atoms with Gasteiger partial charge in [0.05, 0.1) is 0 Å². The Labute approximate surface area is 106 Å². The summed E-state index contributed by atoms with van der Waals surface area (Å²) < 4.78 is 5.21. The molecule has 3 nitrogen and oxygen atoms in total. The second-order valence-corrected chi connectivity index (χ2v) is 4.09. The zero-order valence-electron chi connectivity index (χ0n) is 10.2. The van der Waals surface area contributed by atoms with Gasteiger partial charge in [-0.2, -0.15) is 0 Å². The number of ether oxygens (including phenoxy) is 1. The van der Waals surface area contributed by atoms with Crippen LogP contribution in [0.5, 0.6) is 5.75 Å². The van der Waals surface area contributed by atoms with Crippen LogP contribution in [0.1, 0.15) is 5.56 Å². The molecule has 0 radical (unpaired) electrons. The predicted molar refractivity (Wildman–Crippen MR) is 71.3 cm³/mol. The largest absolute Gasteiger partial charge is 0.484 e. The lowest BCUT2D eigenvalue weighted by molar-refractivity contribution is -0.119. The number of hydrogen-bond acceptors (Lipinski definition) is 2. The van der Waals surface area contributed by atoms with Gasteiger partial charge >= 0.3 is 0 Å². The normalized spacial score (nSPS) is 10.1. The van der Waals surface area contributed by atoms with Crippen LogP contribution < -0.4 is 10.5 Å². The van der Waals surface area contributed by atoms with Gasteiger partial charge in [-0.1, -0.05) is 36.4 Å². The van der Waals surface area contributed by atoms with Crippen LogP contribution in [0.15, 0.2) is 48.5 Å². The first-order valence-corrected chi connectivity index (χ1v) is 5.74. The Balaban J connectivity index is 2.17. The molecule has 0 unspecified atom stereocenters. The highest BCUT2D eigenvalue weighted by atomic mass is 16.5. The molecule has 0 bridgehead atoms. The van der Waals surface area contributed by atoms with Crippen molar-refractivity contribution >= 4 is 5.91 Å². The smallest absolute Gasteiger partial charge is 0.255 e. The van der Waals surface area contributed by atoms with E-state index in [9.17, 15) is 4.79 Å². The Morgan fingerprint density at radius 3 is 2.39 bits per heavy atom. The van der Waals surface area contributed by atoms with Gasteiger partial charge in [0.25, 0.3) is 5.91 Å². The Morgan fingerprint density at radius 1 is 1.11 bits per heavy atom. The molecule has 92 valence electrons. The topological polar surface area (TPSA) is 52.3 Å². The molecule has 0 aliphatic heterocycles. The van der Waals surface area contributed by atoms with Crippen molar-refractivity contribution in [2.24, 2.45) is 5.73 Å². The molecule has 0 heterocycles. The first kappa shape index (κ1) is 12.2. The molecule has 0 aliphatic carbocycles. The van der Waals surface area contributed by atoms with E-state index in [1.165, 1.54) is 11.1 Å². The van der Waals surface area contributed by atoms with Gasteiger partial charge in [-0.15, -0.1) is 0 Å². The second-order valence-electron chi connectivity index (χ2n) is 4.09. The van der Waals surface area contributed by atoms with Crippen molar-refractivity contribution in [3.8, 4) is 16.9 Å². The third kappa shape index (κ3) is 2.88. The van der Waals surface area contributed by atoms with Gasteiger partial charge in [0.2, 0.25) is 0 Å². The average molecular weight is 241 g/mol. The molecule has 2 rings (SSSR count). The summed E-state index contributed by atoms with van der Waals surface area (Å²) in [6.45, 7) is 1.98. The maximum Gasteiger partial charge on any atom is 0.255 e. The summed E-state index contributed by atoms with van der Waals surface area (Å²) in [4.78, 5) is 10.6. The molecular weight excluding hydrogens is 226 g/mol. The van der Waals surface area contributed by atoms with Crippen molar-refractivity contribution in [2.45, 2.75) is 6.92 Å². The molecule has 0 aliphatic rings. The van der Waals surface area contributed by atoms with Crippen LogP contribution in [-0.2, 0) is 4.79 Å². The summed E-state index contributed by atoms with van der Waals surface area (Å²) in [7, 11) is 0. The fourth-order valence-electron chi connectivity index (χ4n) is 1.78. The molecule has 0 saturated carbocycles. The number of carbonyl (C=O) groups is 1. The van der Waals surface area contributed by atoms with Crippen molar-refractivity contribution in [3.63, 3.8) is 0 Å². The molecule has 2 aromatic rings. The van der Waals surface area contributed by atoms with Gasteiger partial charge in [0.15, 0.2) is 6.61 Å². The van der Waals surface area contributed by atoms with Crippen molar-refractivity contribution in [1.82, 2.24) is 0 Å². The second kappa shape index (κ2) is 5.36. The zero-order valence-corrected chi connectivity index (χ0v) is 10.2. The summed E-state index contributed by atoms with van der Waals surface area (Å²) in [6, 6.07) is 15.8. The monoisotopic (exact) mass is 241 g/mol. The van der Waals surface area contributed by atoms with Gasteiger partial charge in [-0.3, -0.25) is 4.79 Å². The Hall–Kier alpha value is -2.29. The fraction of sp³-hybridized carbons (Fsp3) is 0.133. The Kier molecular flexibility index (Phi) is 3.63. The standard InChI is InChI=1S/C15H15NO2/c1-11-4-2-3-5-14(11)12-6-8-13(9-7-12)18-10-15(16)17/h2-9H,10H2,1H3,(H2,16,17). The highest BCUT2D eigenvalue weighted by molar-refractivity contribution is 5.75. The van der Waals surface area contributed by atoms with Crippen molar-refractivity contribution < 1.29 is 9.53 Å². The number of nitrogens with two attached hydrogens (primary N) is 1. The van der Waals surface area contributed by atoms with Crippen LogP contribution in [0.4, 0.5) is 0 Å². The van der Waals surface area contributed by atoms with Crippen LogP contribution in [0.2, 0.25) is 0 Å². The van der Waals surface area contributed by atoms with Gasteiger partial charge in [-0.05, 0) is 35.7 Å². The van der Waals surface area contributed by atoms with E-state index in [-0.39, 0.29) is 6.61 Å². The van der Waals surface area contributed by atoms with E-state index in [2.05, 4.69) is 19.1 Å². The lowest BCUT2D eigenvalue weighted by Crippen LogP contribution is -2.19.